The van der Waals surface area contributed by atoms with E-state index in [4.69, 9.17) is 4.65 Å². The van der Waals surface area contributed by atoms with E-state index in [2.05, 4.69) is 70.5 Å². The lowest BCUT2D eigenvalue weighted by atomic mass is 9.69. The Balaban J connectivity index is 2.43. The summed E-state index contributed by atoms with van der Waals surface area (Å²) in [6.45, 7) is 17.6. The molecule has 1 rings (SSSR count). The summed E-state index contributed by atoms with van der Waals surface area (Å²) in [5.41, 5.74) is 1.46. The number of allylic oxidation sites excluding steroid dienone is 3. The molecular weight excluding hydrogens is 369 g/mol. The van der Waals surface area contributed by atoms with Crippen molar-refractivity contribution in [3.05, 3.63) is 23.8 Å². The van der Waals surface area contributed by atoms with E-state index < -0.39 is 8.24 Å². The van der Waals surface area contributed by atoms with E-state index in [1.54, 1.807) is 0 Å². The Kier molecular flexibility index (Phi) is 12.6. The second-order valence-electron chi connectivity index (χ2n) is 10.5. The molecule has 0 saturated carbocycles. The maximum atomic E-state index is 6.56. The van der Waals surface area contributed by atoms with Crippen LogP contribution in [0, 0.1) is 0 Å². The molecule has 0 unspecified atom stereocenters. The van der Waals surface area contributed by atoms with Gasteiger partial charge in [-0.25, -0.2) is 0 Å². The predicted octanol–water partition coefficient (Wildman–Crippen LogP) is 8.51. The molecule has 0 spiro atoms. The highest BCUT2D eigenvalue weighted by Gasteiger charge is 2.46. The lowest BCUT2D eigenvalue weighted by Gasteiger charge is -2.49. The third-order valence-corrected chi connectivity index (χ3v) is 12.3. The van der Waals surface area contributed by atoms with Crippen molar-refractivity contribution < 1.29 is 4.65 Å². The van der Waals surface area contributed by atoms with Crippen LogP contribution in [-0.4, -0.2) is 26.4 Å². The van der Waals surface area contributed by atoms with Crippen molar-refractivity contribution in [2.24, 2.45) is 0 Å². The Labute approximate surface area is 184 Å². The number of hydrogen-bond acceptors (Lipinski definition) is 2. The Morgan fingerprint density at radius 3 is 1.93 bits per heavy atom. The molecule has 29 heavy (non-hydrogen) atoms. The summed E-state index contributed by atoms with van der Waals surface area (Å²) in [5, 5.41) is 0.310. The minimum Gasteiger partial charge on any atom is -0.420 e. The largest absolute Gasteiger partial charge is 0.438 e. The molecule has 0 atom stereocenters. The van der Waals surface area contributed by atoms with Gasteiger partial charge in [0.1, 0.15) is 8.24 Å². The second-order valence-corrected chi connectivity index (χ2v) is 15.6. The van der Waals surface area contributed by atoms with Gasteiger partial charge >= 0.3 is 7.05 Å². The number of nitrogens with zero attached hydrogens (tertiary/aromatic N) is 1. The van der Waals surface area contributed by atoms with Gasteiger partial charge in [-0.3, -0.25) is 0 Å². The van der Waals surface area contributed by atoms with E-state index in [1.807, 2.05) is 0 Å². The first-order valence-corrected chi connectivity index (χ1v) is 15.5. The van der Waals surface area contributed by atoms with Gasteiger partial charge < -0.3 is 9.13 Å². The van der Waals surface area contributed by atoms with Crippen molar-refractivity contribution in [2.45, 2.75) is 130 Å². The first-order chi connectivity index (χ1) is 13.8. The highest BCUT2D eigenvalue weighted by atomic mass is 28.3. The molecule has 0 saturated heterocycles. The number of hydrogen-bond donors (Lipinski definition) is 0. The molecule has 0 bridgehead atoms. The van der Waals surface area contributed by atoms with Crippen molar-refractivity contribution in [3.63, 3.8) is 0 Å². The summed E-state index contributed by atoms with van der Waals surface area (Å²) < 4.78 is 9.16. The Morgan fingerprint density at radius 1 is 0.862 bits per heavy atom. The third-order valence-electron chi connectivity index (χ3n) is 6.92. The Bertz CT molecular complexity index is 496. The predicted molar refractivity (Wildman–Crippen MR) is 135 cm³/mol. The lowest BCUT2D eigenvalue weighted by Crippen LogP contribution is -2.60. The van der Waals surface area contributed by atoms with Crippen molar-refractivity contribution in [1.82, 2.24) is 4.48 Å². The van der Waals surface area contributed by atoms with Gasteiger partial charge in [-0.05, 0) is 35.6 Å². The SMILES string of the molecule is CCCCCCCCCCCCOB1C(CCC)=CC=CN1[Si](C)(C)C(C)(C)C. The summed E-state index contributed by atoms with van der Waals surface area (Å²) in [4.78, 5) is 0. The Morgan fingerprint density at radius 2 is 1.41 bits per heavy atom. The van der Waals surface area contributed by atoms with Crippen LogP contribution in [0.5, 0.6) is 0 Å². The van der Waals surface area contributed by atoms with Gasteiger partial charge in [0.15, 0.2) is 0 Å². The van der Waals surface area contributed by atoms with Crippen LogP contribution in [-0.2, 0) is 4.65 Å². The maximum absolute atomic E-state index is 6.56. The maximum Gasteiger partial charge on any atom is 0.438 e. The van der Waals surface area contributed by atoms with Crippen LogP contribution in [0.3, 0.4) is 0 Å². The molecule has 4 heteroatoms. The van der Waals surface area contributed by atoms with Gasteiger partial charge in [-0.15, -0.1) is 0 Å². The molecule has 0 aromatic rings. The fourth-order valence-electron chi connectivity index (χ4n) is 3.93. The molecule has 0 aromatic heterocycles. The first kappa shape index (κ1) is 26.6. The Hall–Kier alpha value is -0.478. The molecule has 1 aliphatic heterocycles. The van der Waals surface area contributed by atoms with Crippen LogP contribution < -0.4 is 0 Å². The molecule has 1 heterocycles. The minimum atomic E-state index is -1.66. The van der Waals surface area contributed by atoms with Crippen LogP contribution in [0.2, 0.25) is 18.1 Å². The van der Waals surface area contributed by atoms with E-state index >= 15 is 0 Å². The molecule has 0 fully saturated rings. The molecule has 0 radical (unpaired) electrons. The fraction of sp³-hybridized carbons (Fsp3) is 0.840. The second kappa shape index (κ2) is 13.8. The average Bonchev–Trinajstić information content (AvgIpc) is 2.66. The fourth-order valence-corrected chi connectivity index (χ4v) is 5.99. The molecule has 1 aliphatic rings. The standard InChI is InChI=1S/C25H50BNOSi/c1-8-10-11-12-13-14-15-16-17-18-23-28-26-24(20-9-2)21-19-22-27(26)29(6,7)25(3,4)5/h19,21-22H,8-18,20,23H2,1-7H3. The van der Waals surface area contributed by atoms with E-state index in [-0.39, 0.29) is 7.05 Å². The van der Waals surface area contributed by atoms with Crippen LogP contribution in [0.25, 0.3) is 0 Å². The zero-order valence-corrected chi connectivity index (χ0v) is 21.9. The van der Waals surface area contributed by atoms with Crippen molar-refractivity contribution in [1.29, 1.82) is 0 Å². The quantitative estimate of drug-likeness (QED) is 0.195. The van der Waals surface area contributed by atoms with Gasteiger partial charge in [0.2, 0.25) is 0 Å². The van der Waals surface area contributed by atoms with E-state index in [0.29, 0.717) is 5.04 Å². The van der Waals surface area contributed by atoms with Gasteiger partial charge in [0.25, 0.3) is 0 Å². The van der Waals surface area contributed by atoms with E-state index in [9.17, 15) is 0 Å². The minimum absolute atomic E-state index is 0.152. The van der Waals surface area contributed by atoms with Gasteiger partial charge in [0.05, 0.1) is 0 Å². The van der Waals surface area contributed by atoms with Crippen LogP contribution in [0.4, 0.5) is 0 Å². The zero-order chi connectivity index (χ0) is 21.8. The molecular formula is C25H50BNOSi. The summed E-state index contributed by atoms with van der Waals surface area (Å²) in [5.74, 6) is 0. The van der Waals surface area contributed by atoms with Gasteiger partial charge in [0, 0.05) is 6.61 Å². The highest BCUT2D eigenvalue weighted by molar-refractivity contribution is 6.86. The normalized spacial score (nSPS) is 15.2. The summed E-state index contributed by atoms with van der Waals surface area (Å²) >= 11 is 0. The number of rotatable bonds is 15. The average molecular weight is 420 g/mol. The molecule has 0 N–H and O–H groups in total. The molecule has 0 amide bonds. The van der Waals surface area contributed by atoms with Crippen molar-refractivity contribution in [2.75, 3.05) is 6.61 Å². The van der Waals surface area contributed by atoms with Crippen LogP contribution >= 0.6 is 0 Å². The molecule has 168 valence electrons. The highest BCUT2D eigenvalue weighted by Crippen LogP contribution is 2.40. The zero-order valence-electron chi connectivity index (χ0n) is 20.9. The van der Waals surface area contributed by atoms with E-state index in [1.165, 1.54) is 76.1 Å². The van der Waals surface area contributed by atoms with Crippen molar-refractivity contribution in [3.8, 4) is 0 Å². The van der Waals surface area contributed by atoms with Gasteiger partial charge in [-0.1, -0.05) is 118 Å². The molecule has 0 aromatic carbocycles. The summed E-state index contributed by atoms with van der Waals surface area (Å²) in [6.07, 6.45) is 22.9. The molecule has 0 aliphatic carbocycles. The lowest BCUT2D eigenvalue weighted by molar-refractivity contribution is 0.289. The van der Waals surface area contributed by atoms with Gasteiger partial charge in [-0.2, -0.15) is 0 Å². The van der Waals surface area contributed by atoms with Crippen LogP contribution in [0.1, 0.15) is 112 Å². The topological polar surface area (TPSA) is 12.5 Å². The first-order valence-electron chi connectivity index (χ1n) is 12.5. The summed E-state index contributed by atoms with van der Waals surface area (Å²) in [7, 11) is -1.51. The summed E-state index contributed by atoms with van der Waals surface area (Å²) in [6, 6.07) is 0. The third kappa shape index (κ3) is 9.04. The van der Waals surface area contributed by atoms with Crippen LogP contribution in [0.15, 0.2) is 23.8 Å². The van der Waals surface area contributed by atoms with Crippen molar-refractivity contribution >= 4 is 15.3 Å². The monoisotopic (exact) mass is 419 g/mol. The number of unbranched alkanes of at least 4 members (excludes halogenated alkanes) is 9. The van der Waals surface area contributed by atoms with E-state index in [0.717, 1.165) is 13.0 Å². The smallest absolute Gasteiger partial charge is 0.420 e. The molecule has 2 nitrogen and oxygen atoms in total.